The van der Waals surface area contributed by atoms with Crippen LogP contribution in [-0.2, 0) is 11.2 Å². The topological polar surface area (TPSA) is 45.8 Å². The van der Waals surface area contributed by atoms with Crippen LogP contribution in [-0.4, -0.2) is 16.6 Å². The molecule has 0 aliphatic carbocycles. The smallest absolute Gasteiger partial charge is 0.243 e. The Hall–Kier alpha value is -2.36. The average molecular weight is 296 g/mol. The Bertz CT molecular complexity index is 672. The zero-order valence-corrected chi connectivity index (χ0v) is 13.0. The molecular weight excluding hydrogens is 276 g/mol. The van der Waals surface area contributed by atoms with Crippen LogP contribution in [0.1, 0.15) is 49.6 Å². The second-order valence-electron chi connectivity index (χ2n) is 5.42. The van der Waals surface area contributed by atoms with Crippen molar-refractivity contribution in [3.05, 3.63) is 59.5 Å². The molecule has 1 aromatic heterocycles. The molecule has 0 saturated heterocycles. The van der Waals surface area contributed by atoms with Crippen molar-refractivity contribution in [2.45, 2.75) is 39.2 Å². The summed E-state index contributed by atoms with van der Waals surface area (Å²) >= 11 is 0. The highest BCUT2D eigenvalue weighted by Gasteiger charge is 2.33. The van der Waals surface area contributed by atoms with E-state index in [0.29, 0.717) is 12.8 Å². The molecule has 1 aromatic carbocycles. The Morgan fingerprint density at radius 1 is 1.27 bits per heavy atom. The second kappa shape index (κ2) is 6.18. The number of hydrogen-bond acceptors (Lipinski definition) is 3. The van der Waals surface area contributed by atoms with E-state index in [-0.39, 0.29) is 11.9 Å². The summed E-state index contributed by atoms with van der Waals surface area (Å²) in [5.41, 5.74) is 3.30. The van der Waals surface area contributed by atoms with Gasteiger partial charge < -0.3 is 4.42 Å². The Balaban J connectivity index is 1.90. The summed E-state index contributed by atoms with van der Waals surface area (Å²) < 4.78 is 5.50. The molecule has 0 saturated carbocycles. The van der Waals surface area contributed by atoms with E-state index < -0.39 is 0 Å². The first kappa shape index (κ1) is 14.6. The van der Waals surface area contributed by atoms with Gasteiger partial charge in [-0.05, 0) is 29.7 Å². The Morgan fingerprint density at radius 2 is 2.05 bits per heavy atom. The zero-order valence-electron chi connectivity index (χ0n) is 13.0. The van der Waals surface area contributed by atoms with Crippen molar-refractivity contribution in [1.82, 2.24) is 5.01 Å². The van der Waals surface area contributed by atoms with Gasteiger partial charge in [0.25, 0.3) is 0 Å². The third-order valence-electron chi connectivity index (χ3n) is 4.04. The van der Waals surface area contributed by atoms with Crippen LogP contribution >= 0.6 is 0 Å². The maximum atomic E-state index is 12.2. The van der Waals surface area contributed by atoms with Gasteiger partial charge in [-0.1, -0.05) is 38.1 Å². The monoisotopic (exact) mass is 296 g/mol. The lowest BCUT2D eigenvalue weighted by Crippen LogP contribution is -2.25. The first-order chi connectivity index (χ1) is 10.7. The summed E-state index contributed by atoms with van der Waals surface area (Å²) in [6, 6.07) is 12.0. The van der Waals surface area contributed by atoms with Gasteiger partial charge >= 0.3 is 0 Å². The van der Waals surface area contributed by atoms with Crippen molar-refractivity contribution >= 4 is 11.6 Å². The first-order valence-corrected chi connectivity index (χ1v) is 7.75. The quantitative estimate of drug-likeness (QED) is 0.858. The highest BCUT2D eigenvalue weighted by molar-refractivity contribution is 6.03. The van der Waals surface area contributed by atoms with Crippen molar-refractivity contribution in [2.24, 2.45) is 5.10 Å². The molecule has 0 spiro atoms. The fourth-order valence-corrected chi connectivity index (χ4v) is 2.71. The number of nitrogens with zero attached hydrogens (tertiary/aromatic N) is 2. The average Bonchev–Trinajstić information content (AvgIpc) is 3.23. The van der Waals surface area contributed by atoms with Crippen LogP contribution in [0, 0.1) is 0 Å². The SMILES string of the molecule is CCC(=O)N1N=C(c2ccc(CC)cc2)C[C@@H]1c1ccco1. The fraction of sp³-hybridized carbons (Fsp3) is 0.333. The minimum atomic E-state index is -0.136. The van der Waals surface area contributed by atoms with Crippen LogP contribution in [0.5, 0.6) is 0 Å². The summed E-state index contributed by atoms with van der Waals surface area (Å²) in [6.07, 6.45) is 3.77. The number of carbonyl (C=O) groups is 1. The van der Waals surface area contributed by atoms with Crippen molar-refractivity contribution in [3.63, 3.8) is 0 Å². The predicted molar refractivity (Wildman–Crippen MR) is 85.6 cm³/mol. The molecule has 4 nitrogen and oxygen atoms in total. The zero-order chi connectivity index (χ0) is 15.5. The van der Waals surface area contributed by atoms with Gasteiger partial charge in [-0.15, -0.1) is 0 Å². The minimum Gasteiger partial charge on any atom is -0.467 e. The number of hydrazone groups is 1. The van der Waals surface area contributed by atoms with E-state index in [4.69, 9.17) is 4.42 Å². The molecule has 114 valence electrons. The van der Waals surface area contributed by atoms with E-state index in [1.54, 1.807) is 11.3 Å². The van der Waals surface area contributed by atoms with E-state index in [9.17, 15) is 4.79 Å². The van der Waals surface area contributed by atoms with Gasteiger partial charge in [-0.3, -0.25) is 4.79 Å². The van der Waals surface area contributed by atoms with Gasteiger partial charge in [-0.2, -0.15) is 5.10 Å². The van der Waals surface area contributed by atoms with E-state index in [0.717, 1.165) is 23.5 Å². The maximum Gasteiger partial charge on any atom is 0.243 e. The summed E-state index contributed by atoms with van der Waals surface area (Å²) in [5, 5.41) is 6.13. The van der Waals surface area contributed by atoms with Crippen LogP contribution in [0.15, 0.2) is 52.2 Å². The number of furan rings is 1. The van der Waals surface area contributed by atoms with Crippen molar-refractivity contribution in [1.29, 1.82) is 0 Å². The molecule has 1 aliphatic rings. The highest BCUT2D eigenvalue weighted by Crippen LogP contribution is 2.33. The first-order valence-electron chi connectivity index (χ1n) is 7.75. The number of aryl methyl sites for hydroxylation is 1. The second-order valence-corrected chi connectivity index (χ2v) is 5.42. The molecule has 1 atom stereocenters. The number of benzene rings is 1. The van der Waals surface area contributed by atoms with Crippen molar-refractivity contribution < 1.29 is 9.21 Å². The lowest BCUT2D eigenvalue weighted by molar-refractivity contribution is -0.133. The lowest BCUT2D eigenvalue weighted by Gasteiger charge is -2.18. The molecule has 0 N–H and O–H groups in total. The van der Waals surface area contributed by atoms with E-state index in [2.05, 4.69) is 36.3 Å². The van der Waals surface area contributed by atoms with Crippen molar-refractivity contribution in [3.8, 4) is 0 Å². The molecule has 1 amide bonds. The lowest BCUT2D eigenvalue weighted by atomic mass is 10.0. The largest absolute Gasteiger partial charge is 0.467 e. The highest BCUT2D eigenvalue weighted by atomic mass is 16.3. The number of amides is 1. The summed E-state index contributed by atoms with van der Waals surface area (Å²) in [4.78, 5) is 12.2. The summed E-state index contributed by atoms with van der Waals surface area (Å²) in [6.45, 7) is 3.99. The third-order valence-corrected chi connectivity index (χ3v) is 4.04. The molecular formula is C18H20N2O2. The molecule has 2 heterocycles. The van der Waals surface area contributed by atoms with E-state index >= 15 is 0 Å². The Labute approximate surface area is 130 Å². The Morgan fingerprint density at radius 3 is 2.64 bits per heavy atom. The van der Waals surface area contributed by atoms with Gasteiger partial charge in [0.1, 0.15) is 11.8 Å². The van der Waals surface area contributed by atoms with Gasteiger partial charge in [0.2, 0.25) is 5.91 Å². The summed E-state index contributed by atoms with van der Waals surface area (Å²) in [5.74, 6) is 0.798. The van der Waals surface area contributed by atoms with Crippen molar-refractivity contribution in [2.75, 3.05) is 0 Å². The normalized spacial score (nSPS) is 17.6. The summed E-state index contributed by atoms with van der Waals surface area (Å²) in [7, 11) is 0. The predicted octanol–water partition coefficient (Wildman–Crippen LogP) is 3.93. The fourth-order valence-electron chi connectivity index (χ4n) is 2.71. The number of hydrogen-bond donors (Lipinski definition) is 0. The van der Waals surface area contributed by atoms with Crippen LogP contribution in [0.25, 0.3) is 0 Å². The van der Waals surface area contributed by atoms with E-state index in [1.807, 2.05) is 19.1 Å². The third kappa shape index (κ3) is 2.69. The molecule has 0 radical (unpaired) electrons. The van der Waals surface area contributed by atoms with Crippen LogP contribution in [0.2, 0.25) is 0 Å². The van der Waals surface area contributed by atoms with Gasteiger partial charge in [0.15, 0.2) is 0 Å². The number of rotatable bonds is 4. The molecule has 22 heavy (non-hydrogen) atoms. The molecule has 0 bridgehead atoms. The molecule has 3 rings (SSSR count). The van der Waals surface area contributed by atoms with Gasteiger partial charge in [0.05, 0.1) is 12.0 Å². The van der Waals surface area contributed by atoms with Crippen LogP contribution in [0.3, 0.4) is 0 Å². The van der Waals surface area contributed by atoms with Gasteiger partial charge in [0, 0.05) is 12.8 Å². The number of carbonyl (C=O) groups excluding carboxylic acids is 1. The molecule has 0 unspecified atom stereocenters. The molecule has 0 fully saturated rings. The molecule has 1 aliphatic heterocycles. The van der Waals surface area contributed by atoms with Crippen LogP contribution in [0.4, 0.5) is 0 Å². The minimum absolute atomic E-state index is 0.0154. The van der Waals surface area contributed by atoms with Gasteiger partial charge in [-0.25, -0.2) is 5.01 Å². The van der Waals surface area contributed by atoms with Crippen LogP contribution < -0.4 is 0 Å². The Kier molecular flexibility index (Phi) is 4.09. The maximum absolute atomic E-state index is 12.2. The standard InChI is InChI=1S/C18H20N2O2/c1-3-13-7-9-14(10-8-13)15-12-16(17-6-5-11-22-17)20(19-15)18(21)4-2/h5-11,16H,3-4,12H2,1-2H3/t16-/m1/s1. The molecule has 4 heteroatoms. The molecule has 2 aromatic rings. The van der Waals surface area contributed by atoms with E-state index in [1.165, 1.54) is 5.56 Å².